The van der Waals surface area contributed by atoms with Crippen LogP contribution in [0.3, 0.4) is 0 Å². The first-order chi connectivity index (χ1) is 11.9. The van der Waals surface area contributed by atoms with Crippen molar-refractivity contribution in [2.75, 3.05) is 17.2 Å². The Morgan fingerprint density at radius 1 is 1.00 bits per heavy atom. The van der Waals surface area contributed by atoms with Crippen LogP contribution in [0.4, 0.5) is 11.8 Å². The Kier molecular flexibility index (Phi) is 6.40. The molecule has 1 aliphatic carbocycles. The maximum atomic E-state index is 4.55. The van der Waals surface area contributed by atoms with Crippen molar-refractivity contribution >= 4 is 11.8 Å². The molecule has 1 fully saturated rings. The molecule has 5 nitrogen and oxygen atoms in total. The zero-order chi connectivity index (χ0) is 16.5. The van der Waals surface area contributed by atoms with E-state index in [4.69, 9.17) is 0 Å². The molecule has 128 valence electrons. The quantitative estimate of drug-likeness (QED) is 0.594. The van der Waals surface area contributed by atoms with E-state index >= 15 is 0 Å². The van der Waals surface area contributed by atoms with Crippen LogP contribution in [-0.4, -0.2) is 27.8 Å². The van der Waals surface area contributed by atoms with Crippen LogP contribution in [0.5, 0.6) is 0 Å². The SMILES string of the molecule is c1ccc(CCCNc2cnnc(NC3CCCCCC3)n2)cc1. The van der Waals surface area contributed by atoms with Crippen molar-refractivity contribution < 1.29 is 0 Å². The van der Waals surface area contributed by atoms with Crippen LogP contribution in [0.1, 0.15) is 50.5 Å². The van der Waals surface area contributed by atoms with Crippen LogP contribution < -0.4 is 10.6 Å². The second-order valence-corrected chi connectivity index (χ2v) is 6.51. The predicted molar refractivity (Wildman–Crippen MR) is 98.2 cm³/mol. The standard InChI is InChI=1S/C19H27N5/c1-2-7-13-17(12-6-1)22-19-23-18(15-21-24-19)20-14-8-11-16-9-4-3-5-10-16/h3-5,9-10,15,17H,1-2,6-8,11-14H2,(H2,20,22,23,24). The minimum Gasteiger partial charge on any atom is -0.369 e. The number of benzene rings is 1. The van der Waals surface area contributed by atoms with Gasteiger partial charge in [0.15, 0.2) is 0 Å². The van der Waals surface area contributed by atoms with E-state index < -0.39 is 0 Å². The van der Waals surface area contributed by atoms with Crippen LogP contribution in [0.15, 0.2) is 36.5 Å². The first-order valence-electron chi connectivity index (χ1n) is 9.14. The third-order valence-corrected chi connectivity index (χ3v) is 4.54. The molecule has 0 saturated heterocycles. The van der Waals surface area contributed by atoms with E-state index in [1.807, 2.05) is 0 Å². The highest BCUT2D eigenvalue weighted by Crippen LogP contribution is 2.19. The summed E-state index contributed by atoms with van der Waals surface area (Å²) in [7, 11) is 0. The maximum absolute atomic E-state index is 4.55. The van der Waals surface area contributed by atoms with Crippen LogP contribution in [0.2, 0.25) is 0 Å². The summed E-state index contributed by atoms with van der Waals surface area (Å²) in [5, 5.41) is 15.0. The van der Waals surface area contributed by atoms with Gasteiger partial charge in [-0.05, 0) is 31.2 Å². The van der Waals surface area contributed by atoms with E-state index in [9.17, 15) is 0 Å². The van der Waals surface area contributed by atoms with Crippen LogP contribution in [0, 0.1) is 0 Å². The number of nitrogens with zero attached hydrogens (tertiary/aromatic N) is 3. The zero-order valence-corrected chi connectivity index (χ0v) is 14.2. The van der Waals surface area contributed by atoms with Gasteiger partial charge in [-0.25, -0.2) is 0 Å². The molecule has 0 unspecified atom stereocenters. The lowest BCUT2D eigenvalue weighted by atomic mass is 10.1. The molecule has 1 saturated carbocycles. The van der Waals surface area contributed by atoms with E-state index in [2.05, 4.69) is 56.1 Å². The lowest BCUT2D eigenvalue weighted by molar-refractivity contribution is 0.613. The Morgan fingerprint density at radius 3 is 2.58 bits per heavy atom. The Hall–Kier alpha value is -2.17. The van der Waals surface area contributed by atoms with E-state index in [0.29, 0.717) is 12.0 Å². The molecule has 5 heteroatoms. The second kappa shape index (κ2) is 9.21. The molecule has 0 bridgehead atoms. The number of rotatable bonds is 7. The third-order valence-electron chi connectivity index (χ3n) is 4.54. The van der Waals surface area contributed by atoms with Gasteiger partial charge in [0.1, 0.15) is 5.82 Å². The number of aryl methyl sites for hydroxylation is 1. The van der Waals surface area contributed by atoms with E-state index in [1.165, 1.54) is 44.1 Å². The summed E-state index contributed by atoms with van der Waals surface area (Å²) in [6.07, 6.45) is 11.5. The van der Waals surface area contributed by atoms with E-state index in [1.54, 1.807) is 6.20 Å². The van der Waals surface area contributed by atoms with Crippen LogP contribution in [-0.2, 0) is 6.42 Å². The van der Waals surface area contributed by atoms with Crippen LogP contribution in [0.25, 0.3) is 0 Å². The Bertz CT molecular complexity index is 594. The number of nitrogens with one attached hydrogen (secondary N) is 2. The van der Waals surface area contributed by atoms with Gasteiger partial charge in [-0.1, -0.05) is 56.0 Å². The van der Waals surface area contributed by atoms with Crippen molar-refractivity contribution in [2.45, 2.75) is 57.4 Å². The molecule has 0 amide bonds. The fourth-order valence-corrected chi connectivity index (χ4v) is 3.21. The number of anilines is 2. The van der Waals surface area contributed by atoms with Gasteiger partial charge in [0, 0.05) is 12.6 Å². The van der Waals surface area contributed by atoms with Crippen molar-refractivity contribution in [3.63, 3.8) is 0 Å². The lowest BCUT2D eigenvalue weighted by Gasteiger charge is -2.16. The average Bonchev–Trinajstić information content (AvgIpc) is 2.89. The van der Waals surface area contributed by atoms with Gasteiger partial charge in [-0.3, -0.25) is 0 Å². The zero-order valence-electron chi connectivity index (χ0n) is 14.2. The molecule has 0 aliphatic heterocycles. The maximum Gasteiger partial charge on any atom is 0.244 e. The smallest absolute Gasteiger partial charge is 0.244 e. The third kappa shape index (κ3) is 5.48. The first-order valence-corrected chi connectivity index (χ1v) is 9.14. The molecular weight excluding hydrogens is 298 g/mol. The Morgan fingerprint density at radius 2 is 1.79 bits per heavy atom. The van der Waals surface area contributed by atoms with Crippen molar-refractivity contribution in [3.8, 4) is 0 Å². The summed E-state index contributed by atoms with van der Waals surface area (Å²) >= 11 is 0. The van der Waals surface area contributed by atoms with Crippen LogP contribution >= 0.6 is 0 Å². The van der Waals surface area contributed by atoms with Gasteiger partial charge >= 0.3 is 0 Å². The molecule has 0 atom stereocenters. The number of hydrogen-bond donors (Lipinski definition) is 2. The van der Waals surface area contributed by atoms with Gasteiger partial charge in [-0.2, -0.15) is 10.1 Å². The van der Waals surface area contributed by atoms with Gasteiger partial charge < -0.3 is 10.6 Å². The molecule has 3 rings (SSSR count). The molecule has 1 aromatic carbocycles. The predicted octanol–water partition coefficient (Wildman–Crippen LogP) is 4.05. The minimum absolute atomic E-state index is 0.489. The minimum atomic E-state index is 0.489. The molecule has 2 N–H and O–H groups in total. The molecule has 24 heavy (non-hydrogen) atoms. The fourth-order valence-electron chi connectivity index (χ4n) is 3.21. The summed E-state index contributed by atoms with van der Waals surface area (Å²) in [4.78, 5) is 4.55. The summed E-state index contributed by atoms with van der Waals surface area (Å²) in [5.41, 5.74) is 1.37. The lowest BCUT2D eigenvalue weighted by Crippen LogP contribution is -2.20. The summed E-state index contributed by atoms with van der Waals surface area (Å²) in [6.45, 7) is 0.885. The van der Waals surface area contributed by atoms with Crippen molar-refractivity contribution in [1.82, 2.24) is 15.2 Å². The van der Waals surface area contributed by atoms with E-state index in [-0.39, 0.29) is 0 Å². The molecule has 1 aromatic heterocycles. The largest absolute Gasteiger partial charge is 0.369 e. The second-order valence-electron chi connectivity index (χ2n) is 6.51. The monoisotopic (exact) mass is 325 g/mol. The molecular formula is C19H27N5. The fraction of sp³-hybridized carbons (Fsp3) is 0.526. The summed E-state index contributed by atoms with van der Waals surface area (Å²) < 4.78 is 0. The van der Waals surface area contributed by atoms with Gasteiger partial charge in [0.2, 0.25) is 5.95 Å². The average molecular weight is 325 g/mol. The molecule has 2 aromatic rings. The number of aromatic nitrogens is 3. The highest BCUT2D eigenvalue weighted by atomic mass is 15.3. The molecule has 0 radical (unpaired) electrons. The van der Waals surface area contributed by atoms with Crippen molar-refractivity contribution in [1.29, 1.82) is 0 Å². The van der Waals surface area contributed by atoms with Crippen molar-refractivity contribution in [2.24, 2.45) is 0 Å². The Balaban J connectivity index is 1.44. The normalized spacial score (nSPS) is 15.7. The highest BCUT2D eigenvalue weighted by Gasteiger charge is 2.13. The topological polar surface area (TPSA) is 62.7 Å². The summed E-state index contributed by atoms with van der Waals surface area (Å²) in [6, 6.07) is 11.0. The van der Waals surface area contributed by atoms with Gasteiger partial charge in [-0.15, -0.1) is 5.10 Å². The van der Waals surface area contributed by atoms with E-state index in [0.717, 1.165) is 25.2 Å². The van der Waals surface area contributed by atoms with Crippen molar-refractivity contribution in [3.05, 3.63) is 42.1 Å². The number of hydrogen-bond acceptors (Lipinski definition) is 5. The first kappa shape index (κ1) is 16.7. The van der Waals surface area contributed by atoms with Gasteiger partial charge in [0.25, 0.3) is 0 Å². The highest BCUT2D eigenvalue weighted by molar-refractivity contribution is 5.37. The molecule has 0 spiro atoms. The molecule has 1 aliphatic rings. The molecule has 1 heterocycles. The van der Waals surface area contributed by atoms with Gasteiger partial charge in [0.05, 0.1) is 6.20 Å². The summed E-state index contributed by atoms with van der Waals surface area (Å²) in [5.74, 6) is 1.45. The Labute approximate surface area is 144 Å².